The molecule has 4 nitrogen and oxygen atoms in total. The Labute approximate surface area is 140 Å². The van der Waals surface area contributed by atoms with Crippen molar-refractivity contribution in [1.82, 2.24) is 0 Å². The van der Waals surface area contributed by atoms with Crippen LogP contribution < -0.4 is 4.90 Å². The Kier molecular flexibility index (Phi) is 6.25. The number of para-hydroxylation sites is 1. The van der Waals surface area contributed by atoms with Crippen molar-refractivity contribution >= 4 is 23.6 Å². The van der Waals surface area contributed by atoms with Crippen molar-refractivity contribution in [3.63, 3.8) is 0 Å². The first-order valence-corrected chi connectivity index (χ1v) is 7.56. The number of amides is 1. The summed E-state index contributed by atoms with van der Waals surface area (Å²) in [6.45, 7) is 1.96. The molecule has 2 aromatic rings. The number of ether oxygens (including phenoxy) is 1. The molecule has 0 fully saturated rings. The van der Waals surface area contributed by atoms with Crippen LogP contribution in [-0.2, 0) is 14.3 Å². The van der Waals surface area contributed by atoms with Gasteiger partial charge in [0.05, 0.1) is 0 Å². The van der Waals surface area contributed by atoms with Gasteiger partial charge in [-0.1, -0.05) is 30.3 Å². The van der Waals surface area contributed by atoms with Crippen LogP contribution in [0.3, 0.4) is 0 Å². The van der Waals surface area contributed by atoms with Crippen LogP contribution in [0.4, 0.5) is 10.1 Å². The summed E-state index contributed by atoms with van der Waals surface area (Å²) < 4.78 is 18.0. The van der Waals surface area contributed by atoms with Crippen molar-refractivity contribution in [1.29, 1.82) is 0 Å². The largest absolute Gasteiger partial charge is 0.452 e. The highest BCUT2D eigenvalue weighted by Crippen LogP contribution is 2.13. The summed E-state index contributed by atoms with van der Waals surface area (Å²) in [6.07, 6.45) is 2.60. The standard InChI is InChI=1S/C19H18FNO3/c1-2-21(17-9-4-3-5-10-17)18(22)14-24-19(23)12-11-15-7-6-8-16(20)13-15/h3-13H,2,14H2,1H3. The smallest absolute Gasteiger partial charge is 0.331 e. The van der Waals surface area contributed by atoms with Crippen molar-refractivity contribution in [2.45, 2.75) is 6.92 Å². The topological polar surface area (TPSA) is 46.6 Å². The molecule has 0 aliphatic rings. The number of hydrogen-bond donors (Lipinski definition) is 0. The predicted molar refractivity (Wildman–Crippen MR) is 90.9 cm³/mol. The van der Waals surface area contributed by atoms with E-state index in [1.54, 1.807) is 12.1 Å². The molecule has 24 heavy (non-hydrogen) atoms. The highest BCUT2D eigenvalue weighted by atomic mass is 19.1. The highest BCUT2D eigenvalue weighted by Gasteiger charge is 2.14. The number of nitrogens with zero attached hydrogens (tertiary/aromatic N) is 1. The van der Waals surface area contributed by atoms with Crippen LogP contribution >= 0.6 is 0 Å². The number of carbonyl (C=O) groups is 2. The van der Waals surface area contributed by atoms with Gasteiger partial charge in [-0.3, -0.25) is 4.79 Å². The molecule has 0 aliphatic heterocycles. The van der Waals surface area contributed by atoms with Gasteiger partial charge in [-0.2, -0.15) is 0 Å². The molecule has 124 valence electrons. The monoisotopic (exact) mass is 327 g/mol. The summed E-state index contributed by atoms with van der Waals surface area (Å²) in [5.41, 5.74) is 1.29. The minimum absolute atomic E-state index is 0.309. The molecule has 0 radical (unpaired) electrons. The van der Waals surface area contributed by atoms with Crippen LogP contribution in [0.1, 0.15) is 12.5 Å². The van der Waals surface area contributed by atoms with Gasteiger partial charge in [-0.25, -0.2) is 9.18 Å². The number of likely N-dealkylation sites (N-methyl/N-ethyl adjacent to an activating group) is 1. The normalized spacial score (nSPS) is 10.6. The Balaban J connectivity index is 1.89. The minimum Gasteiger partial charge on any atom is -0.452 e. The predicted octanol–water partition coefficient (Wildman–Crippen LogP) is 3.44. The number of anilines is 1. The molecule has 0 aromatic heterocycles. The van der Waals surface area contributed by atoms with Crippen molar-refractivity contribution in [3.05, 3.63) is 72.1 Å². The van der Waals surface area contributed by atoms with Crippen LogP contribution in [0.15, 0.2) is 60.7 Å². The Morgan fingerprint density at radius 1 is 1.12 bits per heavy atom. The third kappa shape index (κ3) is 5.05. The van der Waals surface area contributed by atoms with Crippen LogP contribution in [0, 0.1) is 5.82 Å². The van der Waals surface area contributed by atoms with E-state index in [9.17, 15) is 14.0 Å². The van der Waals surface area contributed by atoms with E-state index in [1.165, 1.54) is 29.2 Å². The first-order chi connectivity index (χ1) is 11.6. The van der Waals surface area contributed by atoms with Gasteiger partial charge in [0.2, 0.25) is 0 Å². The first-order valence-electron chi connectivity index (χ1n) is 7.56. The Morgan fingerprint density at radius 2 is 1.88 bits per heavy atom. The molecule has 0 spiro atoms. The highest BCUT2D eigenvalue weighted by molar-refractivity contribution is 5.96. The molecule has 0 bridgehead atoms. The summed E-state index contributed by atoms with van der Waals surface area (Å²) in [5, 5.41) is 0. The van der Waals surface area contributed by atoms with Crippen molar-refractivity contribution in [3.8, 4) is 0 Å². The van der Waals surface area contributed by atoms with Gasteiger partial charge >= 0.3 is 5.97 Å². The molecule has 1 amide bonds. The number of carbonyl (C=O) groups excluding carboxylic acids is 2. The van der Waals surface area contributed by atoms with Gasteiger partial charge in [-0.15, -0.1) is 0 Å². The summed E-state index contributed by atoms with van der Waals surface area (Å²) in [6, 6.07) is 15.0. The lowest BCUT2D eigenvalue weighted by Gasteiger charge is -2.20. The first kappa shape index (κ1) is 17.4. The van der Waals surface area contributed by atoms with E-state index in [0.29, 0.717) is 12.1 Å². The molecular formula is C19H18FNO3. The molecule has 0 heterocycles. The fourth-order valence-corrected chi connectivity index (χ4v) is 2.14. The average Bonchev–Trinajstić information content (AvgIpc) is 2.60. The molecule has 0 aliphatic carbocycles. The second-order valence-electron chi connectivity index (χ2n) is 4.97. The molecule has 2 aromatic carbocycles. The van der Waals surface area contributed by atoms with Crippen molar-refractivity contribution < 1.29 is 18.7 Å². The van der Waals surface area contributed by atoms with E-state index in [-0.39, 0.29) is 18.3 Å². The molecular weight excluding hydrogens is 309 g/mol. The molecule has 0 saturated carbocycles. The van der Waals surface area contributed by atoms with Gasteiger partial charge in [0.15, 0.2) is 6.61 Å². The third-order valence-corrected chi connectivity index (χ3v) is 3.28. The van der Waals surface area contributed by atoms with Crippen LogP contribution in [0.2, 0.25) is 0 Å². The molecule has 0 N–H and O–H groups in total. The van der Waals surface area contributed by atoms with Crippen molar-refractivity contribution in [2.24, 2.45) is 0 Å². The zero-order valence-electron chi connectivity index (χ0n) is 13.3. The number of benzene rings is 2. The van der Waals surface area contributed by atoms with Gasteiger partial charge in [0.1, 0.15) is 5.82 Å². The van der Waals surface area contributed by atoms with Gasteiger partial charge in [0, 0.05) is 18.3 Å². The van der Waals surface area contributed by atoms with E-state index in [0.717, 1.165) is 5.69 Å². The maximum Gasteiger partial charge on any atom is 0.331 e. The fraction of sp³-hybridized carbons (Fsp3) is 0.158. The van der Waals surface area contributed by atoms with Crippen LogP contribution in [0.5, 0.6) is 0 Å². The number of esters is 1. The lowest BCUT2D eigenvalue weighted by Crippen LogP contribution is -2.34. The summed E-state index contributed by atoms with van der Waals surface area (Å²) in [5.74, 6) is -1.35. The second kappa shape index (κ2) is 8.62. The van der Waals surface area contributed by atoms with Gasteiger partial charge < -0.3 is 9.64 Å². The zero-order valence-corrected chi connectivity index (χ0v) is 13.3. The van der Waals surface area contributed by atoms with Crippen LogP contribution in [0.25, 0.3) is 6.08 Å². The summed E-state index contributed by atoms with van der Waals surface area (Å²) in [4.78, 5) is 25.4. The van der Waals surface area contributed by atoms with E-state index < -0.39 is 5.97 Å². The maximum atomic E-state index is 13.0. The third-order valence-electron chi connectivity index (χ3n) is 3.28. The fourth-order valence-electron chi connectivity index (χ4n) is 2.14. The lowest BCUT2D eigenvalue weighted by molar-refractivity contribution is -0.142. The molecule has 0 saturated heterocycles. The van der Waals surface area contributed by atoms with E-state index >= 15 is 0 Å². The number of rotatable bonds is 6. The molecule has 5 heteroatoms. The molecule has 2 rings (SSSR count). The maximum absolute atomic E-state index is 13.0. The van der Waals surface area contributed by atoms with Gasteiger partial charge in [0.25, 0.3) is 5.91 Å². The summed E-state index contributed by atoms with van der Waals surface area (Å²) in [7, 11) is 0. The Bertz CT molecular complexity index is 728. The lowest BCUT2D eigenvalue weighted by atomic mass is 10.2. The molecule has 0 unspecified atom stereocenters. The van der Waals surface area contributed by atoms with E-state index in [4.69, 9.17) is 4.74 Å². The van der Waals surface area contributed by atoms with E-state index in [2.05, 4.69) is 0 Å². The molecule has 0 atom stereocenters. The Morgan fingerprint density at radius 3 is 2.54 bits per heavy atom. The second-order valence-corrected chi connectivity index (χ2v) is 4.97. The van der Waals surface area contributed by atoms with E-state index in [1.807, 2.05) is 37.3 Å². The SMILES string of the molecule is CCN(C(=O)COC(=O)C=Cc1cccc(F)c1)c1ccccc1. The quantitative estimate of drug-likeness (QED) is 0.603. The Hall–Kier alpha value is -2.95. The summed E-state index contributed by atoms with van der Waals surface area (Å²) >= 11 is 0. The van der Waals surface area contributed by atoms with Crippen LogP contribution in [-0.4, -0.2) is 25.0 Å². The number of hydrogen-bond acceptors (Lipinski definition) is 3. The zero-order chi connectivity index (χ0) is 17.4. The minimum atomic E-state index is -0.656. The number of halogens is 1. The van der Waals surface area contributed by atoms with Gasteiger partial charge in [-0.05, 0) is 42.8 Å². The average molecular weight is 327 g/mol. The van der Waals surface area contributed by atoms with Crippen molar-refractivity contribution in [2.75, 3.05) is 18.1 Å².